The van der Waals surface area contributed by atoms with Gasteiger partial charge in [-0.1, -0.05) is 128 Å². The first-order valence-electron chi connectivity index (χ1n) is 21.2. The third-order valence-corrected chi connectivity index (χ3v) is 13.0. The highest BCUT2D eigenvalue weighted by Crippen LogP contribution is 2.45. The number of amidine groups is 7. The molecule has 1 atom stereocenters. The van der Waals surface area contributed by atoms with Gasteiger partial charge in [0.15, 0.2) is 29.2 Å². The Bertz CT molecular complexity index is 3570. The molecule has 8 aromatic carbocycles. The average Bonchev–Trinajstić information content (AvgIpc) is 4.00. The smallest absolute Gasteiger partial charge is 0.256 e. The molecule has 0 spiro atoms. The molecular formula is C53H35ClN8. The monoisotopic (exact) mass is 818 g/mol. The number of benzene rings is 8. The van der Waals surface area contributed by atoms with Crippen LogP contribution in [0.4, 0.5) is 0 Å². The summed E-state index contributed by atoms with van der Waals surface area (Å²) in [6.07, 6.45) is 3.06. The molecule has 62 heavy (non-hydrogen) atoms. The lowest BCUT2D eigenvalue weighted by molar-refractivity contribution is 0.555. The van der Waals surface area contributed by atoms with Gasteiger partial charge in [0, 0.05) is 51.1 Å². The SMILES string of the molecule is CCCCCN1C2=NC(=NC3=NC(=NC4(Cl)N=C(N=C5N=C1c1cc6ccccc6cc15)c1cc5ccccc5cc14)c1cc4ccccc4cc13)c1cc3ccccc3cc12. The molecule has 8 bridgehead atoms. The fraction of sp³-hybridized carbons (Fsp3) is 0.113. The van der Waals surface area contributed by atoms with Crippen molar-refractivity contribution in [3.05, 3.63) is 190 Å². The molecule has 8 nitrogen and oxygen atoms in total. The maximum absolute atomic E-state index is 7.78. The van der Waals surface area contributed by atoms with Crippen molar-refractivity contribution in [2.75, 3.05) is 6.54 Å². The zero-order valence-corrected chi connectivity index (χ0v) is 34.4. The number of halogens is 1. The van der Waals surface area contributed by atoms with Crippen LogP contribution >= 0.6 is 11.6 Å². The van der Waals surface area contributed by atoms with E-state index in [0.717, 1.165) is 119 Å². The minimum absolute atomic E-state index is 0.448. The van der Waals surface area contributed by atoms with E-state index < -0.39 is 5.12 Å². The van der Waals surface area contributed by atoms with Crippen LogP contribution in [0, 0.1) is 0 Å². The third kappa shape index (κ3) is 5.36. The molecule has 5 aliphatic rings. The van der Waals surface area contributed by atoms with E-state index in [1.54, 1.807) is 0 Å². The molecule has 0 radical (unpaired) electrons. The average molecular weight is 819 g/mol. The number of nitrogens with zero attached hydrogens (tertiary/aromatic N) is 8. The van der Waals surface area contributed by atoms with Gasteiger partial charge in [-0.05, 0) is 98.0 Å². The maximum atomic E-state index is 7.78. The zero-order chi connectivity index (χ0) is 41.1. The molecule has 9 heteroatoms. The zero-order valence-electron chi connectivity index (χ0n) is 33.6. The number of rotatable bonds is 4. The van der Waals surface area contributed by atoms with Gasteiger partial charge in [0.05, 0.1) is 0 Å². The molecule has 0 aromatic heterocycles. The minimum Gasteiger partial charge on any atom is -0.310 e. The largest absolute Gasteiger partial charge is 0.310 e. The van der Waals surface area contributed by atoms with E-state index in [4.69, 9.17) is 46.5 Å². The van der Waals surface area contributed by atoms with Crippen molar-refractivity contribution in [3.8, 4) is 0 Å². The number of fused-ring (bicyclic) bond motifs is 20. The van der Waals surface area contributed by atoms with Crippen LogP contribution in [0.3, 0.4) is 0 Å². The van der Waals surface area contributed by atoms with E-state index in [1.807, 2.05) is 24.3 Å². The Labute approximate surface area is 361 Å². The predicted molar refractivity (Wildman–Crippen MR) is 255 cm³/mol. The van der Waals surface area contributed by atoms with Gasteiger partial charge in [-0.15, -0.1) is 0 Å². The van der Waals surface area contributed by atoms with E-state index in [0.29, 0.717) is 35.7 Å². The molecule has 8 aromatic rings. The van der Waals surface area contributed by atoms with E-state index in [2.05, 4.69) is 133 Å². The molecule has 0 amide bonds. The summed E-state index contributed by atoms with van der Waals surface area (Å²) in [6, 6.07) is 50.8. The summed E-state index contributed by atoms with van der Waals surface area (Å²) < 4.78 is 0. The van der Waals surface area contributed by atoms with Gasteiger partial charge in [-0.25, -0.2) is 34.9 Å². The predicted octanol–water partition coefficient (Wildman–Crippen LogP) is 11.5. The molecule has 294 valence electrons. The van der Waals surface area contributed by atoms with Gasteiger partial charge < -0.3 is 4.90 Å². The Morgan fingerprint density at radius 2 is 0.742 bits per heavy atom. The Hall–Kier alpha value is -7.42. The topological polar surface area (TPSA) is 89.8 Å². The normalized spacial score (nSPS) is 18.2. The van der Waals surface area contributed by atoms with Crippen molar-refractivity contribution in [1.82, 2.24) is 4.90 Å². The van der Waals surface area contributed by atoms with Crippen LogP contribution in [-0.2, 0) is 5.12 Å². The number of unbranched alkanes of at least 4 members (excludes halogenated alkanes) is 2. The van der Waals surface area contributed by atoms with E-state index >= 15 is 0 Å². The number of hydrogen-bond donors (Lipinski definition) is 0. The van der Waals surface area contributed by atoms with Crippen molar-refractivity contribution in [3.63, 3.8) is 0 Å². The van der Waals surface area contributed by atoms with Crippen LogP contribution in [0.25, 0.3) is 43.1 Å². The van der Waals surface area contributed by atoms with E-state index in [-0.39, 0.29) is 0 Å². The Morgan fingerprint density at radius 1 is 0.403 bits per heavy atom. The highest BCUT2D eigenvalue weighted by Gasteiger charge is 2.42. The maximum Gasteiger partial charge on any atom is 0.256 e. The van der Waals surface area contributed by atoms with Crippen LogP contribution in [0.1, 0.15) is 70.7 Å². The van der Waals surface area contributed by atoms with Crippen molar-refractivity contribution in [2.24, 2.45) is 34.9 Å². The Kier molecular flexibility index (Phi) is 7.58. The highest BCUT2D eigenvalue weighted by atomic mass is 35.5. The molecule has 5 heterocycles. The van der Waals surface area contributed by atoms with Crippen molar-refractivity contribution < 1.29 is 0 Å². The van der Waals surface area contributed by atoms with Crippen LogP contribution in [-0.4, -0.2) is 52.3 Å². The quantitative estimate of drug-likeness (QED) is 0.0988. The van der Waals surface area contributed by atoms with Crippen molar-refractivity contribution in [2.45, 2.75) is 31.3 Å². The van der Waals surface area contributed by atoms with Crippen LogP contribution in [0.2, 0.25) is 0 Å². The second-order valence-corrected chi connectivity index (χ2v) is 17.0. The van der Waals surface area contributed by atoms with Crippen LogP contribution in [0.15, 0.2) is 181 Å². The fourth-order valence-corrected chi connectivity index (χ4v) is 9.85. The van der Waals surface area contributed by atoms with Gasteiger partial charge >= 0.3 is 0 Å². The molecule has 13 rings (SSSR count). The first kappa shape index (κ1) is 35.3. The highest BCUT2D eigenvalue weighted by molar-refractivity contribution is 6.36. The molecule has 0 saturated carbocycles. The minimum atomic E-state index is -1.58. The van der Waals surface area contributed by atoms with Crippen LogP contribution in [0.5, 0.6) is 0 Å². The number of alkyl halides is 1. The lowest BCUT2D eigenvalue weighted by Crippen LogP contribution is -2.37. The van der Waals surface area contributed by atoms with Crippen molar-refractivity contribution in [1.29, 1.82) is 0 Å². The lowest BCUT2D eigenvalue weighted by atomic mass is 9.98. The second-order valence-electron chi connectivity index (χ2n) is 16.5. The summed E-state index contributed by atoms with van der Waals surface area (Å²) in [7, 11) is 0. The molecule has 5 aliphatic heterocycles. The van der Waals surface area contributed by atoms with Gasteiger partial charge in [0.25, 0.3) is 5.12 Å². The van der Waals surface area contributed by atoms with Gasteiger partial charge in [0.2, 0.25) is 0 Å². The summed E-state index contributed by atoms with van der Waals surface area (Å²) in [5.74, 6) is 4.16. The summed E-state index contributed by atoms with van der Waals surface area (Å²) in [5.41, 5.74) is 7.06. The molecule has 0 N–H and O–H groups in total. The standard InChI is InChI=1S/C53H35ClN8/c1-2-3-12-21-62-51-42-26-34-17-8-6-15-32(34)24-40(42)47(58-51)55-46-38-22-30-13-4-5-14-31(30)23-39(38)49(56-46)60-53(54)45-29-37-20-11-10-19-36(37)28-44(45)50(61-53)57-48-41-25-33-16-7-9-18-35(33)27-43(41)52(62)59-48/h4-11,13-20,22-29H,2-3,12,21H2,1H3. The first-order valence-corrected chi connectivity index (χ1v) is 21.6. The summed E-state index contributed by atoms with van der Waals surface area (Å²) >= 11 is 7.78. The first-order chi connectivity index (χ1) is 30.5. The number of aliphatic imine (C=N–C) groups is 7. The van der Waals surface area contributed by atoms with Gasteiger partial charge in [-0.3, -0.25) is 0 Å². The number of hydrogen-bond acceptors (Lipinski definition) is 8. The summed E-state index contributed by atoms with van der Waals surface area (Å²) in [5, 5.41) is 7.09. The molecule has 0 fully saturated rings. The van der Waals surface area contributed by atoms with Gasteiger partial charge in [0.1, 0.15) is 11.7 Å². The van der Waals surface area contributed by atoms with E-state index in [1.165, 1.54) is 0 Å². The van der Waals surface area contributed by atoms with Gasteiger partial charge in [-0.2, -0.15) is 0 Å². The lowest BCUT2D eigenvalue weighted by Gasteiger charge is -2.25. The fourth-order valence-electron chi connectivity index (χ4n) is 9.54. The van der Waals surface area contributed by atoms with E-state index in [9.17, 15) is 0 Å². The molecule has 0 saturated heterocycles. The van der Waals surface area contributed by atoms with Crippen molar-refractivity contribution >= 4 is 95.5 Å². The molecule has 0 aliphatic carbocycles. The summed E-state index contributed by atoms with van der Waals surface area (Å²) in [6.45, 7) is 2.92. The molecule has 1 unspecified atom stereocenters. The Balaban J connectivity index is 1.14. The second kappa shape index (κ2) is 13.3. The molecular weight excluding hydrogens is 784 g/mol. The van der Waals surface area contributed by atoms with Crippen LogP contribution < -0.4 is 0 Å². The summed E-state index contributed by atoms with van der Waals surface area (Å²) in [4.78, 5) is 39.8. The Morgan fingerprint density at radius 3 is 1.19 bits per heavy atom. The third-order valence-electron chi connectivity index (χ3n) is 12.6.